The summed E-state index contributed by atoms with van der Waals surface area (Å²) in [6, 6.07) is 2.19. The van der Waals surface area contributed by atoms with Crippen molar-refractivity contribution in [1.29, 1.82) is 5.26 Å². The Bertz CT molecular complexity index is 429. The van der Waals surface area contributed by atoms with Crippen molar-refractivity contribution >= 4 is 5.95 Å². The van der Waals surface area contributed by atoms with E-state index in [0.717, 1.165) is 43.6 Å². The lowest BCUT2D eigenvalue weighted by molar-refractivity contribution is 0.809. The van der Waals surface area contributed by atoms with Crippen LogP contribution >= 0.6 is 0 Å². The van der Waals surface area contributed by atoms with Crippen LogP contribution in [-0.2, 0) is 12.8 Å². The van der Waals surface area contributed by atoms with Gasteiger partial charge in [-0.25, -0.2) is 9.97 Å². The Morgan fingerprint density at radius 3 is 2.62 bits per heavy atom. The zero-order valence-electron chi connectivity index (χ0n) is 9.82. The molecule has 1 heterocycles. The molecule has 1 aromatic rings. The van der Waals surface area contributed by atoms with Gasteiger partial charge in [0.15, 0.2) is 0 Å². The van der Waals surface area contributed by atoms with Gasteiger partial charge < -0.3 is 4.90 Å². The first kappa shape index (κ1) is 10.9. The van der Waals surface area contributed by atoms with Gasteiger partial charge in [-0.15, -0.1) is 0 Å². The number of aryl methyl sites for hydroxylation is 1. The molecule has 0 amide bonds. The van der Waals surface area contributed by atoms with Crippen molar-refractivity contribution in [2.75, 3.05) is 18.0 Å². The summed E-state index contributed by atoms with van der Waals surface area (Å²) in [6.45, 7) is 5.90. The summed E-state index contributed by atoms with van der Waals surface area (Å²) in [7, 11) is 0. The summed E-state index contributed by atoms with van der Waals surface area (Å²) in [6.07, 6.45) is 3.04. The third-order valence-corrected chi connectivity index (χ3v) is 3.07. The number of hydrogen-bond donors (Lipinski definition) is 0. The molecule has 84 valence electrons. The highest BCUT2D eigenvalue weighted by Crippen LogP contribution is 2.24. The molecule has 1 aliphatic carbocycles. The van der Waals surface area contributed by atoms with Crippen LogP contribution in [0.5, 0.6) is 0 Å². The summed E-state index contributed by atoms with van der Waals surface area (Å²) in [5.74, 6) is 0.710. The Morgan fingerprint density at radius 1 is 1.25 bits per heavy atom. The topological polar surface area (TPSA) is 52.8 Å². The summed E-state index contributed by atoms with van der Waals surface area (Å²) in [5, 5.41) is 9.09. The van der Waals surface area contributed by atoms with Gasteiger partial charge in [-0.05, 0) is 33.1 Å². The van der Waals surface area contributed by atoms with Gasteiger partial charge in [0.2, 0.25) is 5.95 Å². The zero-order chi connectivity index (χ0) is 11.5. The van der Waals surface area contributed by atoms with Crippen LogP contribution in [0.3, 0.4) is 0 Å². The standard InChI is InChI=1S/C12H16N4/c1-3-16(4-2)12-14-10-7-5-6-9(10)11(8-13)15-12/h3-7H2,1-2H3. The van der Waals surface area contributed by atoms with Crippen molar-refractivity contribution in [2.45, 2.75) is 33.1 Å². The third-order valence-electron chi connectivity index (χ3n) is 3.07. The van der Waals surface area contributed by atoms with E-state index in [1.807, 2.05) is 0 Å². The minimum atomic E-state index is 0.574. The Hall–Kier alpha value is -1.63. The maximum absolute atomic E-state index is 9.09. The molecule has 0 saturated heterocycles. The predicted octanol–water partition coefficient (Wildman–Crippen LogP) is 1.68. The van der Waals surface area contributed by atoms with Gasteiger partial charge >= 0.3 is 0 Å². The molecule has 4 heteroatoms. The average molecular weight is 216 g/mol. The molecular formula is C12H16N4. The second-order valence-corrected chi connectivity index (χ2v) is 3.94. The molecule has 2 rings (SSSR count). The molecule has 1 aliphatic rings. The van der Waals surface area contributed by atoms with Crippen LogP contribution in [0.4, 0.5) is 5.95 Å². The highest BCUT2D eigenvalue weighted by atomic mass is 15.2. The maximum atomic E-state index is 9.09. The normalized spacial score (nSPS) is 13.3. The second-order valence-electron chi connectivity index (χ2n) is 3.94. The summed E-state index contributed by atoms with van der Waals surface area (Å²) in [5.41, 5.74) is 2.72. The molecule has 0 unspecified atom stereocenters. The Labute approximate surface area is 95.9 Å². The molecule has 0 aromatic carbocycles. The molecule has 0 N–H and O–H groups in total. The van der Waals surface area contributed by atoms with Gasteiger partial charge in [0.05, 0.1) is 5.69 Å². The number of fused-ring (bicyclic) bond motifs is 1. The number of nitriles is 1. The smallest absolute Gasteiger partial charge is 0.226 e. The minimum absolute atomic E-state index is 0.574. The van der Waals surface area contributed by atoms with Crippen LogP contribution in [0.2, 0.25) is 0 Å². The first-order chi connectivity index (χ1) is 7.80. The van der Waals surface area contributed by atoms with Crippen molar-refractivity contribution < 1.29 is 0 Å². The Balaban J connectivity index is 2.46. The lowest BCUT2D eigenvalue weighted by Crippen LogP contribution is -2.25. The van der Waals surface area contributed by atoms with Gasteiger partial charge in [-0.1, -0.05) is 0 Å². The van der Waals surface area contributed by atoms with Crippen molar-refractivity contribution in [2.24, 2.45) is 0 Å². The highest BCUT2D eigenvalue weighted by Gasteiger charge is 2.20. The molecule has 0 radical (unpaired) electrons. The number of rotatable bonds is 3. The molecule has 0 spiro atoms. The zero-order valence-corrected chi connectivity index (χ0v) is 9.82. The van der Waals surface area contributed by atoms with Crippen LogP contribution in [0.15, 0.2) is 0 Å². The summed E-state index contributed by atoms with van der Waals surface area (Å²) < 4.78 is 0. The van der Waals surface area contributed by atoms with E-state index >= 15 is 0 Å². The highest BCUT2D eigenvalue weighted by molar-refractivity contribution is 5.43. The molecule has 0 atom stereocenters. The second kappa shape index (κ2) is 4.48. The van der Waals surface area contributed by atoms with E-state index < -0.39 is 0 Å². The van der Waals surface area contributed by atoms with Crippen molar-refractivity contribution in [3.8, 4) is 6.07 Å². The van der Waals surface area contributed by atoms with Gasteiger partial charge in [0.25, 0.3) is 0 Å². The molecular weight excluding hydrogens is 200 g/mol. The van der Waals surface area contributed by atoms with E-state index in [0.29, 0.717) is 11.6 Å². The van der Waals surface area contributed by atoms with E-state index in [1.165, 1.54) is 0 Å². The van der Waals surface area contributed by atoms with Crippen LogP contribution in [0, 0.1) is 11.3 Å². The van der Waals surface area contributed by atoms with Crippen molar-refractivity contribution in [3.63, 3.8) is 0 Å². The van der Waals surface area contributed by atoms with E-state index in [2.05, 4.69) is 34.8 Å². The van der Waals surface area contributed by atoms with Crippen LogP contribution in [0.25, 0.3) is 0 Å². The predicted molar refractivity (Wildman–Crippen MR) is 62.3 cm³/mol. The van der Waals surface area contributed by atoms with Gasteiger partial charge in [0, 0.05) is 18.7 Å². The molecule has 16 heavy (non-hydrogen) atoms. The minimum Gasteiger partial charge on any atom is -0.341 e. The van der Waals surface area contributed by atoms with Crippen molar-refractivity contribution in [1.82, 2.24) is 9.97 Å². The molecule has 0 saturated carbocycles. The lowest BCUT2D eigenvalue weighted by atomic mass is 10.2. The first-order valence-corrected chi connectivity index (χ1v) is 5.85. The fourth-order valence-electron chi connectivity index (χ4n) is 2.16. The number of hydrogen-bond acceptors (Lipinski definition) is 4. The number of anilines is 1. The van der Waals surface area contributed by atoms with E-state index in [4.69, 9.17) is 5.26 Å². The molecule has 4 nitrogen and oxygen atoms in total. The average Bonchev–Trinajstić information content (AvgIpc) is 2.77. The fourth-order valence-corrected chi connectivity index (χ4v) is 2.16. The van der Waals surface area contributed by atoms with Crippen LogP contribution in [-0.4, -0.2) is 23.1 Å². The Kier molecular flexibility index (Phi) is 3.04. The fraction of sp³-hybridized carbons (Fsp3) is 0.583. The number of nitrogens with zero attached hydrogens (tertiary/aromatic N) is 4. The maximum Gasteiger partial charge on any atom is 0.226 e. The van der Waals surface area contributed by atoms with Crippen LogP contribution in [0.1, 0.15) is 37.2 Å². The quantitative estimate of drug-likeness (QED) is 0.771. The lowest BCUT2D eigenvalue weighted by Gasteiger charge is -2.19. The number of aromatic nitrogens is 2. The van der Waals surface area contributed by atoms with E-state index in [1.54, 1.807) is 0 Å². The monoisotopic (exact) mass is 216 g/mol. The largest absolute Gasteiger partial charge is 0.341 e. The molecule has 0 bridgehead atoms. The molecule has 1 aromatic heterocycles. The molecule has 0 fully saturated rings. The van der Waals surface area contributed by atoms with E-state index in [-0.39, 0.29) is 0 Å². The SMILES string of the molecule is CCN(CC)c1nc(C#N)c2c(n1)CCC2. The summed E-state index contributed by atoms with van der Waals surface area (Å²) >= 11 is 0. The van der Waals surface area contributed by atoms with Crippen molar-refractivity contribution in [3.05, 3.63) is 17.0 Å². The third kappa shape index (κ3) is 1.73. The molecule has 0 aliphatic heterocycles. The first-order valence-electron chi connectivity index (χ1n) is 5.85. The van der Waals surface area contributed by atoms with Gasteiger partial charge in [0.1, 0.15) is 11.8 Å². The van der Waals surface area contributed by atoms with Gasteiger partial charge in [-0.2, -0.15) is 5.26 Å². The van der Waals surface area contributed by atoms with Gasteiger partial charge in [-0.3, -0.25) is 0 Å². The van der Waals surface area contributed by atoms with E-state index in [9.17, 15) is 0 Å². The van der Waals surface area contributed by atoms with Crippen LogP contribution < -0.4 is 4.90 Å². The summed E-state index contributed by atoms with van der Waals surface area (Å²) in [4.78, 5) is 11.0. The Morgan fingerprint density at radius 2 is 2.00 bits per heavy atom.